The molecule has 0 radical (unpaired) electrons. The van der Waals surface area contributed by atoms with E-state index >= 15 is 0 Å². The van der Waals surface area contributed by atoms with Crippen molar-refractivity contribution in [1.29, 1.82) is 0 Å². The smallest absolute Gasteiger partial charge is 0.410 e. The van der Waals surface area contributed by atoms with Gasteiger partial charge in [0.05, 0.1) is 6.04 Å². The number of carbonyl (C=O) groups is 2. The van der Waals surface area contributed by atoms with E-state index in [1.54, 1.807) is 40.9 Å². The first-order valence-corrected chi connectivity index (χ1v) is 12.1. The SMILES string of the molecule is CN(C(=O)N(C)[C@@H]1CN(C(=O)OC(C)(C)C)C[C@H]1c1ccc(F)cc1)c1cc(Br)cc(Br)c1. The number of ether oxygens (including phenoxy) is 1. The Balaban J connectivity index is 1.87. The normalized spacial score (nSPS) is 18.2. The summed E-state index contributed by atoms with van der Waals surface area (Å²) in [7, 11) is 3.44. The number of likely N-dealkylation sites (tertiary alicyclic amines) is 1. The molecule has 1 saturated heterocycles. The van der Waals surface area contributed by atoms with Crippen LogP contribution >= 0.6 is 31.9 Å². The predicted octanol–water partition coefficient (Wildman–Crippen LogP) is 6.24. The summed E-state index contributed by atoms with van der Waals surface area (Å²) in [5.41, 5.74) is 0.949. The Morgan fingerprint density at radius 2 is 1.61 bits per heavy atom. The van der Waals surface area contributed by atoms with E-state index in [4.69, 9.17) is 4.74 Å². The Morgan fingerprint density at radius 1 is 1.03 bits per heavy atom. The lowest BCUT2D eigenvalue weighted by Gasteiger charge is -2.32. The second kappa shape index (κ2) is 10.0. The molecule has 2 atom stereocenters. The summed E-state index contributed by atoms with van der Waals surface area (Å²) in [4.78, 5) is 31.0. The maximum Gasteiger partial charge on any atom is 0.410 e. The number of likely N-dealkylation sites (N-methyl/N-ethyl adjacent to an activating group) is 1. The van der Waals surface area contributed by atoms with Gasteiger partial charge >= 0.3 is 12.1 Å². The summed E-state index contributed by atoms with van der Waals surface area (Å²) in [5.74, 6) is -0.517. The lowest BCUT2D eigenvalue weighted by Crippen LogP contribution is -2.47. The van der Waals surface area contributed by atoms with Crippen LogP contribution in [-0.2, 0) is 4.74 Å². The van der Waals surface area contributed by atoms with Crippen LogP contribution < -0.4 is 4.90 Å². The number of amides is 3. The Morgan fingerprint density at radius 3 is 2.15 bits per heavy atom. The Kier molecular flexibility index (Phi) is 7.73. The summed E-state index contributed by atoms with van der Waals surface area (Å²) in [6.07, 6.45) is -0.428. The standard InChI is InChI=1S/C24H28Br2FN3O3/c1-24(2,3)33-23(32)30-13-20(15-6-8-18(27)9-7-15)21(14-30)29(5)22(31)28(4)19-11-16(25)10-17(26)12-19/h6-12,20-21H,13-14H2,1-5H3/t20-,21+/m0/s1. The van der Waals surface area contributed by atoms with Crippen molar-refractivity contribution >= 4 is 49.7 Å². The molecule has 1 aliphatic rings. The summed E-state index contributed by atoms with van der Waals surface area (Å²) in [6.45, 7) is 6.13. The maximum absolute atomic E-state index is 13.5. The number of carbonyl (C=O) groups excluding carboxylic acids is 2. The van der Waals surface area contributed by atoms with Gasteiger partial charge in [-0.3, -0.25) is 4.90 Å². The minimum absolute atomic E-state index is 0.185. The van der Waals surface area contributed by atoms with E-state index in [1.165, 1.54) is 12.1 Å². The molecule has 3 amide bonds. The molecule has 0 aromatic heterocycles. The molecule has 3 rings (SSSR count). The van der Waals surface area contributed by atoms with E-state index in [-0.39, 0.29) is 23.8 Å². The molecule has 0 saturated carbocycles. The van der Waals surface area contributed by atoms with Crippen LogP contribution in [0, 0.1) is 5.82 Å². The summed E-state index contributed by atoms with van der Waals surface area (Å²) in [5, 5.41) is 0. The highest BCUT2D eigenvalue weighted by atomic mass is 79.9. The fourth-order valence-corrected chi connectivity index (χ4v) is 5.18. The lowest BCUT2D eigenvalue weighted by molar-refractivity contribution is 0.0284. The van der Waals surface area contributed by atoms with Crippen molar-refractivity contribution in [2.75, 3.05) is 32.1 Å². The van der Waals surface area contributed by atoms with E-state index in [0.29, 0.717) is 18.8 Å². The molecule has 2 aromatic rings. The molecule has 6 nitrogen and oxygen atoms in total. The van der Waals surface area contributed by atoms with Gasteiger partial charge in [-0.2, -0.15) is 0 Å². The third-order valence-electron chi connectivity index (χ3n) is 5.56. The fraction of sp³-hybridized carbons (Fsp3) is 0.417. The third kappa shape index (κ3) is 6.26. The van der Waals surface area contributed by atoms with Gasteiger partial charge in [0.2, 0.25) is 0 Å². The zero-order chi connectivity index (χ0) is 24.5. The average molecular weight is 585 g/mol. The summed E-state index contributed by atoms with van der Waals surface area (Å²) in [6, 6.07) is 11.3. The van der Waals surface area contributed by atoms with Gasteiger partial charge in [-0.1, -0.05) is 44.0 Å². The van der Waals surface area contributed by atoms with Crippen LogP contribution in [0.1, 0.15) is 32.3 Å². The number of hydrogen-bond donors (Lipinski definition) is 0. The summed E-state index contributed by atoms with van der Waals surface area (Å²) >= 11 is 6.91. The number of benzene rings is 2. The molecule has 0 bridgehead atoms. The van der Waals surface area contributed by atoms with Crippen LogP contribution in [0.2, 0.25) is 0 Å². The molecule has 0 spiro atoms. The van der Waals surface area contributed by atoms with Crippen LogP contribution in [0.5, 0.6) is 0 Å². The van der Waals surface area contributed by atoms with Crippen molar-refractivity contribution in [1.82, 2.24) is 9.80 Å². The van der Waals surface area contributed by atoms with E-state index in [0.717, 1.165) is 14.5 Å². The molecule has 1 heterocycles. The summed E-state index contributed by atoms with van der Waals surface area (Å²) < 4.78 is 20.8. The zero-order valence-corrected chi connectivity index (χ0v) is 22.5. The van der Waals surface area contributed by atoms with E-state index in [9.17, 15) is 14.0 Å². The first-order valence-electron chi connectivity index (χ1n) is 10.6. The van der Waals surface area contributed by atoms with E-state index in [2.05, 4.69) is 31.9 Å². The Labute approximate surface area is 210 Å². The number of hydrogen-bond acceptors (Lipinski definition) is 3. The Hall–Kier alpha value is -2.13. The maximum atomic E-state index is 13.5. The minimum Gasteiger partial charge on any atom is -0.444 e. The van der Waals surface area contributed by atoms with Crippen LogP contribution in [0.3, 0.4) is 0 Å². The second-order valence-electron chi connectivity index (χ2n) is 9.19. The predicted molar refractivity (Wildman–Crippen MR) is 134 cm³/mol. The van der Waals surface area contributed by atoms with Gasteiger partial charge in [0.1, 0.15) is 11.4 Å². The second-order valence-corrected chi connectivity index (χ2v) is 11.0. The topological polar surface area (TPSA) is 53.1 Å². The number of urea groups is 1. The molecule has 33 heavy (non-hydrogen) atoms. The van der Waals surface area contributed by atoms with Gasteiger partial charge in [-0.05, 0) is 56.7 Å². The van der Waals surface area contributed by atoms with Crippen molar-refractivity contribution in [2.24, 2.45) is 0 Å². The molecule has 0 N–H and O–H groups in total. The zero-order valence-electron chi connectivity index (χ0n) is 19.3. The van der Waals surface area contributed by atoms with Gasteiger partial charge in [0, 0.05) is 47.7 Å². The number of halogens is 3. The van der Waals surface area contributed by atoms with Gasteiger partial charge in [-0.25, -0.2) is 14.0 Å². The molecular formula is C24H28Br2FN3O3. The molecule has 0 unspecified atom stereocenters. The lowest BCUT2D eigenvalue weighted by atomic mass is 9.93. The van der Waals surface area contributed by atoms with Crippen molar-refractivity contribution < 1.29 is 18.7 Å². The van der Waals surface area contributed by atoms with Gasteiger partial charge in [0.25, 0.3) is 0 Å². The van der Waals surface area contributed by atoms with Crippen LogP contribution in [0.25, 0.3) is 0 Å². The molecule has 178 valence electrons. The third-order valence-corrected chi connectivity index (χ3v) is 6.48. The largest absolute Gasteiger partial charge is 0.444 e. The number of anilines is 1. The van der Waals surface area contributed by atoms with Gasteiger partial charge < -0.3 is 14.5 Å². The van der Waals surface area contributed by atoms with Crippen molar-refractivity contribution in [3.8, 4) is 0 Å². The van der Waals surface area contributed by atoms with Crippen molar-refractivity contribution in [2.45, 2.75) is 38.3 Å². The molecule has 0 aliphatic carbocycles. The van der Waals surface area contributed by atoms with Crippen LogP contribution in [-0.4, -0.2) is 60.8 Å². The minimum atomic E-state index is -0.628. The van der Waals surface area contributed by atoms with Gasteiger partial charge in [0.15, 0.2) is 0 Å². The molecule has 1 fully saturated rings. The highest BCUT2D eigenvalue weighted by Crippen LogP contribution is 2.33. The van der Waals surface area contributed by atoms with E-state index in [1.807, 2.05) is 39.0 Å². The molecule has 2 aromatic carbocycles. The number of nitrogens with zero attached hydrogens (tertiary/aromatic N) is 3. The van der Waals surface area contributed by atoms with Crippen molar-refractivity contribution in [3.05, 3.63) is 62.8 Å². The molecular weight excluding hydrogens is 557 g/mol. The van der Waals surface area contributed by atoms with E-state index < -0.39 is 11.7 Å². The first kappa shape index (κ1) is 25.5. The molecule has 9 heteroatoms. The van der Waals surface area contributed by atoms with Gasteiger partial charge in [-0.15, -0.1) is 0 Å². The van der Waals surface area contributed by atoms with Crippen LogP contribution in [0.15, 0.2) is 51.4 Å². The number of rotatable bonds is 3. The monoisotopic (exact) mass is 583 g/mol. The fourth-order valence-electron chi connectivity index (χ4n) is 3.91. The Bertz CT molecular complexity index is 1010. The molecule has 1 aliphatic heterocycles. The average Bonchev–Trinajstić information content (AvgIpc) is 3.16. The van der Waals surface area contributed by atoms with Crippen molar-refractivity contribution in [3.63, 3.8) is 0 Å². The quantitative estimate of drug-likeness (QED) is 0.429. The highest BCUT2D eigenvalue weighted by molar-refractivity contribution is 9.11. The van der Waals surface area contributed by atoms with Crippen LogP contribution in [0.4, 0.5) is 19.7 Å². The first-order chi connectivity index (χ1) is 15.4. The highest BCUT2D eigenvalue weighted by Gasteiger charge is 2.42.